The lowest BCUT2D eigenvalue weighted by molar-refractivity contribution is 0.0247. The summed E-state index contributed by atoms with van der Waals surface area (Å²) in [5.74, 6) is 1.02. The molecule has 6 heteroatoms. The van der Waals surface area contributed by atoms with Crippen LogP contribution in [-0.2, 0) is 6.54 Å². The number of carbonyl (C=O) groups excluding carboxylic acids is 1. The molecule has 0 bridgehead atoms. The molecule has 1 aliphatic rings. The minimum Gasteiger partial charge on any atom is -0.388 e. The van der Waals surface area contributed by atoms with Gasteiger partial charge in [-0.2, -0.15) is 0 Å². The molecule has 124 valence electrons. The van der Waals surface area contributed by atoms with E-state index in [0.717, 1.165) is 50.9 Å². The Hall–Kier alpha value is -1.56. The van der Waals surface area contributed by atoms with E-state index in [1.54, 1.807) is 18.1 Å². The summed E-state index contributed by atoms with van der Waals surface area (Å²) in [7, 11) is 1.75. The smallest absolute Gasteiger partial charge is 0.317 e. The molecule has 0 saturated heterocycles. The van der Waals surface area contributed by atoms with Gasteiger partial charge in [0.25, 0.3) is 0 Å². The molecule has 0 spiro atoms. The highest BCUT2D eigenvalue weighted by molar-refractivity contribution is 5.73. The largest absolute Gasteiger partial charge is 0.388 e. The standard InChI is InChI=1S/C16H28N4O2/c1-14-17-10-12-20(14)11-6-5-9-18-15(21)19(2)13-16(22)7-3-4-8-16/h10,12,22H,3-9,11,13H2,1-2H3,(H,18,21). The molecule has 2 rings (SSSR count). The maximum atomic E-state index is 12.0. The van der Waals surface area contributed by atoms with Crippen LogP contribution in [0, 0.1) is 6.92 Å². The Kier molecular flexibility index (Phi) is 5.83. The average Bonchev–Trinajstić information content (AvgIpc) is 3.07. The van der Waals surface area contributed by atoms with Gasteiger partial charge in [0.1, 0.15) is 5.82 Å². The van der Waals surface area contributed by atoms with Crippen molar-refractivity contribution in [3.63, 3.8) is 0 Å². The van der Waals surface area contributed by atoms with Crippen molar-refractivity contribution in [2.75, 3.05) is 20.1 Å². The second-order valence-electron chi connectivity index (χ2n) is 6.39. The predicted molar refractivity (Wildman–Crippen MR) is 85.6 cm³/mol. The Bertz CT molecular complexity index is 480. The zero-order chi connectivity index (χ0) is 16.0. The van der Waals surface area contributed by atoms with Crippen LogP contribution in [0.5, 0.6) is 0 Å². The lowest BCUT2D eigenvalue weighted by atomic mass is 10.0. The molecular weight excluding hydrogens is 280 g/mol. The number of carbonyl (C=O) groups is 1. The third-order valence-corrected chi connectivity index (χ3v) is 4.44. The van der Waals surface area contributed by atoms with E-state index in [4.69, 9.17) is 0 Å². The highest BCUT2D eigenvalue weighted by Crippen LogP contribution is 2.29. The maximum absolute atomic E-state index is 12.0. The number of aromatic nitrogens is 2. The van der Waals surface area contributed by atoms with E-state index in [2.05, 4.69) is 14.9 Å². The van der Waals surface area contributed by atoms with Gasteiger partial charge in [0.2, 0.25) is 0 Å². The van der Waals surface area contributed by atoms with Crippen molar-refractivity contribution in [1.82, 2.24) is 19.8 Å². The zero-order valence-corrected chi connectivity index (χ0v) is 13.7. The van der Waals surface area contributed by atoms with E-state index in [9.17, 15) is 9.90 Å². The van der Waals surface area contributed by atoms with E-state index in [0.29, 0.717) is 13.1 Å². The first-order valence-electron chi connectivity index (χ1n) is 8.19. The molecule has 2 amide bonds. The third kappa shape index (κ3) is 4.73. The molecule has 1 aromatic rings. The third-order valence-electron chi connectivity index (χ3n) is 4.44. The molecule has 22 heavy (non-hydrogen) atoms. The number of amides is 2. The molecule has 1 heterocycles. The molecule has 6 nitrogen and oxygen atoms in total. The summed E-state index contributed by atoms with van der Waals surface area (Å²) >= 11 is 0. The van der Waals surface area contributed by atoms with Crippen LogP contribution in [0.1, 0.15) is 44.3 Å². The van der Waals surface area contributed by atoms with Gasteiger partial charge in [-0.1, -0.05) is 12.8 Å². The second kappa shape index (κ2) is 7.63. The van der Waals surface area contributed by atoms with Crippen molar-refractivity contribution in [1.29, 1.82) is 0 Å². The fraction of sp³-hybridized carbons (Fsp3) is 0.750. The molecule has 0 unspecified atom stereocenters. The number of likely N-dealkylation sites (N-methyl/N-ethyl adjacent to an activating group) is 1. The topological polar surface area (TPSA) is 70.4 Å². The summed E-state index contributed by atoms with van der Waals surface area (Å²) in [4.78, 5) is 17.8. The van der Waals surface area contributed by atoms with Gasteiger partial charge < -0.3 is 19.9 Å². The quantitative estimate of drug-likeness (QED) is 0.756. The monoisotopic (exact) mass is 308 g/mol. The van der Waals surface area contributed by atoms with Crippen molar-refractivity contribution >= 4 is 6.03 Å². The van der Waals surface area contributed by atoms with E-state index < -0.39 is 5.60 Å². The number of urea groups is 1. The van der Waals surface area contributed by atoms with Crippen LogP contribution >= 0.6 is 0 Å². The lowest BCUT2D eigenvalue weighted by Gasteiger charge is -2.28. The van der Waals surface area contributed by atoms with Crippen LogP contribution in [0.25, 0.3) is 0 Å². The highest BCUT2D eigenvalue weighted by atomic mass is 16.3. The Balaban J connectivity index is 1.60. The summed E-state index contributed by atoms with van der Waals surface area (Å²) in [5, 5.41) is 13.2. The molecule has 1 fully saturated rings. The molecular formula is C16H28N4O2. The number of rotatable bonds is 7. The molecule has 2 N–H and O–H groups in total. The molecule has 0 radical (unpaired) electrons. The van der Waals surface area contributed by atoms with Crippen molar-refractivity contribution in [2.24, 2.45) is 0 Å². The molecule has 1 saturated carbocycles. The lowest BCUT2D eigenvalue weighted by Crippen LogP contribution is -2.46. The van der Waals surface area contributed by atoms with Gasteiger partial charge in [0.05, 0.1) is 12.1 Å². The number of aryl methyl sites for hydroxylation is 2. The Labute approximate surface area is 132 Å². The first-order valence-corrected chi connectivity index (χ1v) is 8.19. The fourth-order valence-electron chi connectivity index (χ4n) is 3.08. The predicted octanol–water partition coefficient (Wildman–Crippen LogP) is 1.92. The highest BCUT2D eigenvalue weighted by Gasteiger charge is 2.33. The van der Waals surface area contributed by atoms with Crippen LogP contribution in [-0.4, -0.2) is 51.3 Å². The number of nitrogens with one attached hydrogen (secondary N) is 1. The van der Waals surface area contributed by atoms with Crippen molar-refractivity contribution < 1.29 is 9.90 Å². The van der Waals surface area contributed by atoms with E-state index in [1.807, 2.05) is 13.1 Å². The Morgan fingerprint density at radius 2 is 2.18 bits per heavy atom. The van der Waals surface area contributed by atoms with Gasteiger partial charge in [0.15, 0.2) is 0 Å². The second-order valence-corrected chi connectivity index (χ2v) is 6.39. The van der Waals surface area contributed by atoms with Crippen molar-refractivity contribution in [3.05, 3.63) is 18.2 Å². The Morgan fingerprint density at radius 3 is 2.82 bits per heavy atom. The Morgan fingerprint density at radius 1 is 1.45 bits per heavy atom. The molecule has 0 atom stereocenters. The number of hydrogen-bond donors (Lipinski definition) is 2. The minimum atomic E-state index is -0.676. The first kappa shape index (κ1) is 16.8. The SMILES string of the molecule is Cc1nccn1CCCCNC(=O)N(C)CC1(O)CCCC1. The number of nitrogens with zero attached hydrogens (tertiary/aromatic N) is 3. The fourth-order valence-corrected chi connectivity index (χ4v) is 3.08. The van der Waals surface area contributed by atoms with Gasteiger partial charge in [-0.3, -0.25) is 0 Å². The van der Waals surface area contributed by atoms with E-state index in [-0.39, 0.29) is 6.03 Å². The number of hydrogen-bond acceptors (Lipinski definition) is 3. The minimum absolute atomic E-state index is 0.0980. The van der Waals surface area contributed by atoms with Gasteiger partial charge in [0, 0.05) is 32.5 Å². The number of aliphatic hydroxyl groups is 1. The van der Waals surface area contributed by atoms with Gasteiger partial charge in [-0.05, 0) is 32.6 Å². The van der Waals surface area contributed by atoms with Crippen LogP contribution in [0.2, 0.25) is 0 Å². The number of unbranched alkanes of at least 4 members (excludes halogenated alkanes) is 1. The van der Waals surface area contributed by atoms with Crippen molar-refractivity contribution in [3.8, 4) is 0 Å². The van der Waals surface area contributed by atoms with Gasteiger partial charge in [-0.15, -0.1) is 0 Å². The van der Waals surface area contributed by atoms with Crippen LogP contribution < -0.4 is 5.32 Å². The summed E-state index contributed by atoms with van der Waals surface area (Å²) in [5.41, 5.74) is -0.676. The summed E-state index contributed by atoms with van der Waals surface area (Å²) < 4.78 is 2.11. The van der Waals surface area contributed by atoms with Crippen molar-refractivity contribution in [2.45, 2.75) is 57.6 Å². The van der Waals surface area contributed by atoms with E-state index in [1.165, 1.54) is 0 Å². The van der Waals surface area contributed by atoms with Crippen LogP contribution in [0.15, 0.2) is 12.4 Å². The normalized spacial score (nSPS) is 16.7. The van der Waals surface area contributed by atoms with E-state index >= 15 is 0 Å². The maximum Gasteiger partial charge on any atom is 0.317 e. The van der Waals surface area contributed by atoms with Crippen LogP contribution in [0.4, 0.5) is 4.79 Å². The molecule has 0 aromatic carbocycles. The van der Waals surface area contributed by atoms with Crippen LogP contribution in [0.3, 0.4) is 0 Å². The molecule has 1 aromatic heterocycles. The summed E-state index contributed by atoms with van der Waals surface area (Å²) in [6.45, 7) is 4.00. The first-order chi connectivity index (χ1) is 10.5. The number of imidazole rings is 1. The molecule has 1 aliphatic carbocycles. The molecule has 0 aliphatic heterocycles. The summed E-state index contributed by atoms with van der Waals surface area (Å²) in [6.07, 6.45) is 9.43. The average molecular weight is 308 g/mol. The summed E-state index contributed by atoms with van der Waals surface area (Å²) in [6, 6.07) is -0.0980. The zero-order valence-electron chi connectivity index (χ0n) is 13.7. The van der Waals surface area contributed by atoms with Gasteiger partial charge in [-0.25, -0.2) is 9.78 Å². The van der Waals surface area contributed by atoms with Gasteiger partial charge >= 0.3 is 6.03 Å².